The second-order valence-electron chi connectivity index (χ2n) is 5.74. The molecule has 0 aliphatic heterocycles. The molecule has 2 atom stereocenters. The fraction of sp³-hybridized carbons (Fsp3) is 0.200. The van der Waals surface area contributed by atoms with Crippen LogP contribution in [0.15, 0.2) is 66.7 Å². The highest BCUT2D eigenvalue weighted by atomic mass is 14.7. The molecule has 2 N–H and O–H groups in total. The Hall–Kier alpha value is -2.12. The highest BCUT2D eigenvalue weighted by molar-refractivity contribution is 5.87. The van der Waals surface area contributed by atoms with Crippen molar-refractivity contribution in [2.75, 3.05) is 0 Å². The minimum atomic E-state index is -0.00139. The first-order chi connectivity index (χ1) is 10.2. The lowest BCUT2D eigenvalue weighted by Crippen LogP contribution is -2.19. The molecule has 21 heavy (non-hydrogen) atoms. The van der Waals surface area contributed by atoms with Crippen LogP contribution in [-0.4, -0.2) is 0 Å². The average Bonchev–Trinajstić information content (AvgIpc) is 2.54. The Morgan fingerprint density at radius 1 is 0.810 bits per heavy atom. The highest BCUT2D eigenvalue weighted by Gasteiger charge is 2.20. The van der Waals surface area contributed by atoms with Crippen LogP contribution in [0.5, 0.6) is 0 Å². The number of nitrogens with two attached hydrogens (primary N) is 1. The summed E-state index contributed by atoms with van der Waals surface area (Å²) < 4.78 is 0. The molecule has 0 heterocycles. The number of hydrogen-bond donors (Lipinski definition) is 1. The van der Waals surface area contributed by atoms with Crippen LogP contribution in [-0.2, 0) is 0 Å². The van der Waals surface area contributed by atoms with Gasteiger partial charge in [0, 0.05) is 12.0 Å². The molecule has 0 aliphatic rings. The summed E-state index contributed by atoms with van der Waals surface area (Å²) in [6.45, 7) is 4.36. The molecule has 1 heteroatoms. The molecule has 0 radical (unpaired) electrons. The van der Waals surface area contributed by atoms with Gasteiger partial charge in [0.25, 0.3) is 0 Å². The van der Waals surface area contributed by atoms with Gasteiger partial charge < -0.3 is 5.73 Å². The van der Waals surface area contributed by atoms with Gasteiger partial charge in [0.05, 0.1) is 0 Å². The molecule has 0 spiro atoms. The summed E-state index contributed by atoms with van der Waals surface area (Å²) in [4.78, 5) is 0. The van der Waals surface area contributed by atoms with Crippen molar-refractivity contribution in [3.63, 3.8) is 0 Å². The van der Waals surface area contributed by atoms with E-state index in [0.29, 0.717) is 0 Å². The molecular weight excluding hydrogens is 254 g/mol. The summed E-state index contributed by atoms with van der Waals surface area (Å²) in [6.07, 6.45) is 0. The van der Waals surface area contributed by atoms with Crippen molar-refractivity contribution in [2.24, 2.45) is 5.73 Å². The molecule has 2 unspecified atom stereocenters. The van der Waals surface area contributed by atoms with Crippen molar-refractivity contribution >= 4 is 10.8 Å². The van der Waals surface area contributed by atoms with Crippen molar-refractivity contribution in [3.8, 4) is 0 Å². The molecule has 3 rings (SSSR count). The summed E-state index contributed by atoms with van der Waals surface area (Å²) in [5.74, 6) is 0.288. The summed E-state index contributed by atoms with van der Waals surface area (Å²) in [6, 6.07) is 23.4. The summed E-state index contributed by atoms with van der Waals surface area (Å²) >= 11 is 0. The second kappa shape index (κ2) is 5.71. The molecule has 0 saturated heterocycles. The number of hydrogen-bond acceptors (Lipinski definition) is 1. The van der Waals surface area contributed by atoms with E-state index in [9.17, 15) is 0 Å². The van der Waals surface area contributed by atoms with E-state index in [4.69, 9.17) is 5.73 Å². The van der Waals surface area contributed by atoms with Crippen molar-refractivity contribution < 1.29 is 0 Å². The third-order valence-electron chi connectivity index (χ3n) is 4.39. The highest BCUT2D eigenvalue weighted by Crippen LogP contribution is 2.34. The molecule has 3 aromatic carbocycles. The van der Waals surface area contributed by atoms with Gasteiger partial charge in [-0.15, -0.1) is 0 Å². The number of fused-ring (bicyclic) bond motifs is 1. The Morgan fingerprint density at radius 3 is 2.24 bits per heavy atom. The predicted octanol–water partition coefficient (Wildman–Crippen LogP) is 4.95. The number of rotatable bonds is 3. The molecule has 0 bridgehead atoms. The molecule has 0 saturated carbocycles. The third kappa shape index (κ3) is 2.57. The van der Waals surface area contributed by atoms with Crippen LogP contribution >= 0.6 is 0 Å². The quantitative estimate of drug-likeness (QED) is 0.719. The maximum atomic E-state index is 6.64. The smallest absolute Gasteiger partial charge is 0.0370 e. The van der Waals surface area contributed by atoms with Gasteiger partial charge in [-0.25, -0.2) is 0 Å². The molecule has 0 amide bonds. The first-order valence-corrected chi connectivity index (χ1v) is 7.47. The van der Waals surface area contributed by atoms with Gasteiger partial charge in [-0.2, -0.15) is 0 Å². The van der Waals surface area contributed by atoms with Crippen LogP contribution in [0.3, 0.4) is 0 Å². The molecule has 0 aromatic heterocycles. The minimum Gasteiger partial charge on any atom is -0.323 e. The zero-order chi connectivity index (χ0) is 14.8. The normalized spacial score (nSPS) is 14.0. The SMILES string of the molecule is Cc1ccc2ccccc2c1C(N)C(C)c1ccccc1. The standard InChI is InChI=1S/C20H21N/c1-14-12-13-17-10-6-7-11-18(17)19(14)20(21)15(2)16-8-4-3-5-9-16/h3-13,15,20H,21H2,1-2H3. The molecule has 1 nitrogen and oxygen atoms in total. The van der Waals surface area contributed by atoms with Crippen LogP contribution in [0, 0.1) is 6.92 Å². The molecule has 0 fully saturated rings. The van der Waals surface area contributed by atoms with E-state index in [1.54, 1.807) is 0 Å². The first kappa shape index (κ1) is 13.8. The number of benzene rings is 3. The van der Waals surface area contributed by atoms with Crippen LogP contribution in [0.1, 0.15) is 35.6 Å². The summed E-state index contributed by atoms with van der Waals surface area (Å²) in [7, 11) is 0. The summed E-state index contributed by atoms with van der Waals surface area (Å²) in [5.41, 5.74) is 10.5. The fourth-order valence-electron chi connectivity index (χ4n) is 3.06. The van der Waals surface area contributed by atoms with E-state index < -0.39 is 0 Å². The fourth-order valence-corrected chi connectivity index (χ4v) is 3.06. The Labute approximate surface area is 126 Å². The van der Waals surface area contributed by atoms with Gasteiger partial charge in [0.15, 0.2) is 0 Å². The van der Waals surface area contributed by atoms with Crippen molar-refractivity contribution in [3.05, 3.63) is 83.4 Å². The molecule has 3 aromatic rings. The third-order valence-corrected chi connectivity index (χ3v) is 4.39. The minimum absolute atomic E-state index is 0.00139. The van der Waals surface area contributed by atoms with Crippen molar-refractivity contribution in [1.82, 2.24) is 0 Å². The van der Waals surface area contributed by atoms with Crippen LogP contribution in [0.25, 0.3) is 10.8 Å². The van der Waals surface area contributed by atoms with E-state index >= 15 is 0 Å². The Morgan fingerprint density at radius 2 is 1.48 bits per heavy atom. The molecule has 0 aliphatic carbocycles. The lowest BCUT2D eigenvalue weighted by molar-refractivity contribution is 0.599. The first-order valence-electron chi connectivity index (χ1n) is 7.47. The van der Waals surface area contributed by atoms with E-state index in [2.05, 4.69) is 74.5 Å². The zero-order valence-corrected chi connectivity index (χ0v) is 12.6. The summed E-state index contributed by atoms with van der Waals surface area (Å²) in [5, 5.41) is 2.53. The van der Waals surface area contributed by atoms with E-state index in [-0.39, 0.29) is 12.0 Å². The Bertz CT molecular complexity index is 746. The van der Waals surface area contributed by atoms with E-state index in [0.717, 1.165) is 0 Å². The van der Waals surface area contributed by atoms with Crippen molar-refractivity contribution in [2.45, 2.75) is 25.8 Å². The average molecular weight is 275 g/mol. The van der Waals surface area contributed by atoms with Gasteiger partial charge in [-0.05, 0) is 34.4 Å². The van der Waals surface area contributed by atoms with Crippen molar-refractivity contribution in [1.29, 1.82) is 0 Å². The van der Waals surface area contributed by atoms with Gasteiger partial charge in [0.1, 0.15) is 0 Å². The Kier molecular flexibility index (Phi) is 3.76. The van der Waals surface area contributed by atoms with E-state index in [1.807, 2.05) is 6.07 Å². The van der Waals surface area contributed by atoms with Crippen LogP contribution < -0.4 is 5.73 Å². The monoisotopic (exact) mass is 275 g/mol. The lowest BCUT2D eigenvalue weighted by atomic mass is 9.85. The molecular formula is C20H21N. The van der Waals surface area contributed by atoms with E-state index in [1.165, 1.54) is 27.5 Å². The van der Waals surface area contributed by atoms with Gasteiger partial charge >= 0.3 is 0 Å². The lowest BCUT2D eigenvalue weighted by Gasteiger charge is -2.24. The second-order valence-corrected chi connectivity index (χ2v) is 5.74. The predicted molar refractivity (Wildman–Crippen MR) is 90.5 cm³/mol. The topological polar surface area (TPSA) is 26.0 Å². The van der Waals surface area contributed by atoms with Gasteiger partial charge in [-0.3, -0.25) is 0 Å². The number of aryl methyl sites for hydroxylation is 1. The largest absolute Gasteiger partial charge is 0.323 e. The van der Waals surface area contributed by atoms with Gasteiger partial charge in [-0.1, -0.05) is 73.7 Å². The van der Waals surface area contributed by atoms with Crippen LogP contribution in [0.2, 0.25) is 0 Å². The maximum absolute atomic E-state index is 6.64. The van der Waals surface area contributed by atoms with Crippen LogP contribution in [0.4, 0.5) is 0 Å². The Balaban J connectivity index is 2.09. The maximum Gasteiger partial charge on any atom is 0.0370 e. The van der Waals surface area contributed by atoms with Gasteiger partial charge in [0.2, 0.25) is 0 Å². The zero-order valence-electron chi connectivity index (χ0n) is 12.6. The molecule has 106 valence electrons.